The summed E-state index contributed by atoms with van der Waals surface area (Å²) in [5.74, 6) is -1.01. The first-order chi connectivity index (χ1) is 25.5. The molecule has 1 aliphatic heterocycles. The topological polar surface area (TPSA) is 123 Å². The molecule has 2 aromatic heterocycles. The van der Waals surface area contributed by atoms with E-state index in [0.29, 0.717) is 49.6 Å². The number of carbonyl (C=O) groups excluding carboxylic acids is 2. The third-order valence-corrected chi connectivity index (χ3v) is 11.1. The van der Waals surface area contributed by atoms with E-state index in [1.54, 1.807) is 6.07 Å². The molecular weight excluding hydrogens is 718 g/mol. The van der Waals surface area contributed by atoms with Crippen LogP contribution in [0.4, 0.5) is 13.2 Å². The highest BCUT2D eigenvalue weighted by atomic mass is 32.1. The van der Waals surface area contributed by atoms with E-state index in [0.717, 1.165) is 27.6 Å². The highest BCUT2D eigenvalue weighted by Gasteiger charge is 2.38. The number of hydrogen-bond donors (Lipinski definition) is 4. The summed E-state index contributed by atoms with van der Waals surface area (Å²) in [6.45, 7) is 7.85. The number of β-amino-alcohol motifs (C(OH)–C–C–N with tert-alkyl or cyclic N) is 1. The Labute approximate surface area is 318 Å². The van der Waals surface area contributed by atoms with E-state index in [9.17, 15) is 33.0 Å². The second-order valence-electron chi connectivity index (χ2n) is 15.5. The van der Waals surface area contributed by atoms with Crippen molar-refractivity contribution < 1.29 is 33.0 Å². The van der Waals surface area contributed by atoms with Gasteiger partial charge in [-0.15, -0.1) is 11.3 Å². The number of amides is 2. The average molecular weight is 767 g/mol. The number of halogens is 3. The van der Waals surface area contributed by atoms with Gasteiger partial charge in [-0.25, -0.2) is 0 Å². The number of alkyl halides is 3. The van der Waals surface area contributed by atoms with Gasteiger partial charge in [0, 0.05) is 62.5 Å². The van der Waals surface area contributed by atoms with E-state index in [4.69, 9.17) is 0 Å². The standard InChI is InChI=1S/C40H49F3N6O4S/c1-39(2,3)45-38(53)32-24-48(23-29-14-15-34(54-29)31-21-35(40(41,42)43)46-47(31)4)16-17-49(32)22-28(50)19-27(18-25-10-6-5-7-11-25)37(52)44-36-30-13-9-8-12-26(30)20-33(36)51/h5-15,21,27-28,32-33,36,50-51H,16-20,22-24H2,1-4H3,(H,44,52)(H,45,53)/t27-,28-,32-,33+,36-/m0/s1. The summed E-state index contributed by atoms with van der Waals surface area (Å²) in [4.78, 5) is 33.4. The van der Waals surface area contributed by atoms with Gasteiger partial charge in [-0.1, -0.05) is 54.6 Å². The van der Waals surface area contributed by atoms with Crippen molar-refractivity contribution in [1.82, 2.24) is 30.2 Å². The van der Waals surface area contributed by atoms with Gasteiger partial charge < -0.3 is 20.8 Å². The Morgan fingerprint density at radius 1 is 1.02 bits per heavy atom. The number of piperazine rings is 1. The number of aliphatic hydroxyl groups is 2. The predicted molar refractivity (Wildman–Crippen MR) is 201 cm³/mol. The largest absolute Gasteiger partial charge is 0.435 e. The van der Waals surface area contributed by atoms with Gasteiger partial charge in [-0.2, -0.15) is 18.3 Å². The van der Waals surface area contributed by atoms with Crippen molar-refractivity contribution in [3.8, 4) is 10.6 Å². The molecule has 0 spiro atoms. The maximum Gasteiger partial charge on any atom is 0.435 e. The van der Waals surface area contributed by atoms with Gasteiger partial charge in [0.2, 0.25) is 11.8 Å². The number of benzene rings is 2. The number of nitrogens with zero attached hydrogens (tertiary/aromatic N) is 4. The Bertz CT molecular complexity index is 1910. The second-order valence-corrected chi connectivity index (χ2v) is 16.7. The highest BCUT2D eigenvalue weighted by Crippen LogP contribution is 2.35. The zero-order valence-electron chi connectivity index (χ0n) is 31.0. The van der Waals surface area contributed by atoms with Gasteiger partial charge in [-0.3, -0.25) is 24.1 Å². The molecule has 1 fully saturated rings. The quantitative estimate of drug-likeness (QED) is 0.161. The molecule has 4 aromatic rings. The lowest BCUT2D eigenvalue weighted by molar-refractivity contribution is -0.141. The van der Waals surface area contributed by atoms with E-state index in [1.165, 1.54) is 23.1 Å². The van der Waals surface area contributed by atoms with Gasteiger partial charge >= 0.3 is 6.18 Å². The van der Waals surface area contributed by atoms with Gasteiger partial charge in [-0.05, 0) is 68.5 Å². The van der Waals surface area contributed by atoms with E-state index in [-0.39, 0.29) is 24.8 Å². The van der Waals surface area contributed by atoms with Crippen LogP contribution >= 0.6 is 11.3 Å². The van der Waals surface area contributed by atoms with Crippen LogP contribution in [0.25, 0.3) is 10.6 Å². The lowest BCUT2D eigenvalue weighted by Crippen LogP contribution is -2.61. The molecule has 0 saturated carbocycles. The summed E-state index contributed by atoms with van der Waals surface area (Å²) in [5, 5.41) is 32.3. The average Bonchev–Trinajstić information content (AvgIpc) is 3.81. The molecule has 1 saturated heterocycles. The fourth-order valence-corrected chi connectivity index (χ4v) is 8.57. The van der Waals surface area contributed by atoms with Crippen LogP contribution in [0.1, 0.15) is 60.5 Å². The Morgan fingerprint density at radius 3 is 2.44 bits per heavy atom. The van der Waals surface area contributed by atoms with Crippen molar-refractivity contribution in [3.63, 3.8) is 0 Å². The van der Waals surface area contributed by atoms with Crippen molar-refractivity contribution in [2.45, 2.75) is 82.6 Å². The maximum absolute atomic E-state index is 13.9. The molecule has 2 aliphatic rings. The number of aryl methyl sites for hydroxylation is 1. The van der Waals surface area contributed by atoms with Crippen LogP contribution in [0.2, 0.25) is 0 Å². The van der Waals surface area contributed by atoms with Crippen LogP contribution in [-0.4, -0.2) is 91.6 Å². The molecular formula is C40H49F3N6O4S. The van der Waals surface area contributed by atoms with Crippen molar-refractivity contribution in [2.24, 2.45) is 13.0 Å². The lowest BCUT2D eigenvalue weighted by atomic mass is 9.91. The van der Waals surface area contributed by atoms with Crippen LogP contribution in [-0.2, 0) is 42.2 Å². The number of nitrogens with one attached hydrogen (secondary N) is 2. The Balaban J connectivity index is 1.14. The summed E-state index contributed by atoms with van der Waals surface area (Å²) >= 11 is 1.39. The van der Waals surface area contributed by atoms with E-state index < -0.39 is 47.6 Å². The van der Waals surface area contributed by atoms with Crippen LogP contribution in [0.15, 0.2) is 72.8 Å². The minimum Gasteiger partial charge on any atom is -0.392 e. The first kappa shape index (κ1) is 39.6. The number of rotatable bonds is 12. The summed E-state index contributed by atoms with van der Waals surface area (Å²) in [7, 11) is 1.49. The molecule has 6 rings (SSSR count). The number of aromatic nitrogens is 2. The fraction of sp³-hybridized carbons (Fsp3) is 0.475. The molecule has 5 atom stereocenters. The zero-order chi connectivity index (χ0) is 38.8. The molecule has 2 amide bonds. The van der Waals surface area contributed by atoms with Crippen LogP contribution in [0, 0.1) is 5.92 Å². The maximum atomic E-state index is 13.9. The van der Waals surface area contributed by atoms with Crippen LogP contribution in [0.3, 0.4) is 0 Å². The molecule has 4 N–H and O–H groups in total. The number of aliphatic hydroxyl groups excluding tert-OH is 2. The minimum absolute atomic E-state index is 0.154. The highest BCUT2D eigenvalue weighted by molar-refractivity contribution is 7.15. The molecule has 10 nitrogen and oxygen atoms in total. The summed E-state index contributed by atoms with van der Waals surface area (Å²) in [6, 6.07) is 20.9. The molecule has 2 aromatic carbocycles. The van der Waals surface area contributed by atoms with Crippen molar-refractivity contribution >= 4 is 23.2 Å². The van der Waals surface area contributed by atoms with Gasteiger partial charge in [0.1, 0.15) is 6.04 Å². The number of fused-ring (bicyclic) bond motifs is 1. The van der Waals surface area contributed by atoms with E-state index in [2.05, 4.69) is 20.6 Å². The summed E-state index contributed by atoms with van der Waals surface area (Å²) < 4.78 is 41.1. The SMILES string of the molecule is Cn1nc(C(F)(F)F)cc1-c1ccc(CN2CCN(C[C@@H](O)C[C@H](Cc3ccccc3)C(=O)N[C@H]3c4ccccc4C[C@H]3O)[C@H](C(=O)NC(C)(C)C)C2)s1. The normalized spacial score (nSPS) is 20.7. The number of thiophene rings is 1. The molecule has 0 radical (unpaired) electrons. The van der Waals surface area contributed by atoms with E-state index in [1.807, 2.05) is 86.3 Å². The molecule has 0 bridgehead atoms. The molecule has 1 aliphatic carbocycles. The minimum atomic E-state index is -4.53. The molecule has 290 valence electrons. The Hall–Kier alpha value is -4.08. The monoisotopic (exact) mass is 766 g/mol. The van der Waals surface area contributed by atoms with Gasteiger partial charge in [0.05, 0.1) is 28.8 Å². The Kier molecular flexibility index (Phi) is 12.0. The molecule has 3 heterocycles. The van der Waals surface area contributed by atoms with Crippen LogP contribution < -0.4 is 10.6 Å². The fourth-order valence-electron chi connectivity index (χ4n) is 7.47. The third-order valence-electron chi connectivity index (χ3n) is 10.0. The smallest absolute Gasteiger partial charge is 0.392 e. The predicted octanol–water partition coefficient (Wildman–Crippen LogP) is 4.95. The van der Waals surface area contributed by atoms with Crippen LogP contribution in [0.5, 0.6) is 0 Å². The van der Waals surface area contributed by atoms with Crippen molar-refractivity contribution in [3.05, 3.63) is 100 Å². The second kappa shape index (κ2) is 16.3. The van der Waals surface area contributed by atoms with Gasteiger partial charge in [0.15, 0.2) is 5.69 Å². The van der Waals surface area contributed by atoms with Gasteiger partial charge in [0.25, 0.3) is 0 Å². The van der Waals surface area contributed by atoms with Crippen molar-refractivity contribution in [1.29, 1.82) is 0 Å². The number of hydrogen-bond acceptors (Lipinski definition) is 8. The van der Waals surface area contributed by atoms with E-state index >= 15 is 0 Å². The third kappa shape index (κ3) is 9.77. The lowest BCUT2D eigenvalue weighted by Gasteiger charge is -2.42. The molecule has 54 heavy (non-hydrogen) atoms. The first-order valence-electron chi connectivity index (χ1n) is 18.3. The zero-order valence-corrected chi connectivity index (χ0v) is 31.8. The summed E-state index contributed by atoms with van der Waals surface area (Å²) in [6.07, 6.45) is -5.20. The van der Waals surface area contributed by atoms with Crippen molar-refractivity contribution in [2.75, 3.05) is 26.2 Å². The summed E-state index contributed by atoms with van der Waals surface area (Å²) in [5.41, 5.74) is 1.80. The number of carbonyl (C=O) groups is 2. The molecule has 14 heteroatoms. The molecule has 0 unspecified atom stereocenters. The Morgan fingerprint density at radius 2 is 1.74 bits per heavy atom. The first-order valence-corrected chi connectivity index (χ1v) is 19.1.